The van der Waals surface area contributed by atoms with E-state index in [1.165, 1.54) is 13.2 Å². The van der Waals surface area contributed by atoms with Crippen LogP contribution < -0.4 is 4.74 Å². The molecule has 1 aromatic rings. The first-order chi connectivity index (χ1) is 4.74. The van der Waals surface area contributed by atoms with E-state index in [0.29, 0.717) is 9.45 Å². The van der Waals surface area contributed by atoms with Crippen molar-refractivity contribution in [1.82, 2.24) is 4.98 Å². The number of halogens is 1. The predicted molar refractivity (Wildman–Crippen MR) is 45.2 cm³/mol. The first-order valence-electron chi connectivity index (χ1n) is 2.62. The molecule has 54 valence electrons. The second-order valence-electron chi connectivity index (χ2n) is 1.69. The van der Waals surface area contributed by atoms with Crippen LogP contribution in [-0.2, 0) is 0 Å². The zero-order valence-corrected chi connectivity index (χ0v) is 7.49. The molecule has 0 unspecified atom stereocenters. The Bertz CT molecular complexity index is 239. The summed E-state index contributed by atoms with van der Waals surface area (Å²) < 4.78 is 5.41. The summed E-state index contributed by atoms with van der Waals surface area (Å²) in [5, 5.41) is 9.08. The Balaban J connectivity index is 3.04. The highest BCUT2D eigenvalue weighted by Gasteiger charge is 1.98. The Morgan fingerprint density at radius 1 is 1.70 bits per heavy atom. The van der Waals surface area contributed by atoms with Crippen LogP contribution >= 0.6 is 22.6 Å². The topological polar surface area (TPSA) is 42.4 Å². The summed E-state index contributed by atoms with van der Waals surface area (Å²) >= 11 is 1.94. The third-order valence-corrected chi connectivity index (χ3v) is 1.86. The smallest absolute Gasteiger partial charge is 0.151 e. The lowest BCUT2D eigenvalue weighted by atomic mass is 10.4. The summed E-state index contributed by atoms with van der Waals surface area (Å²) in [6, 6.07) is 1.52. The molecule has 0 saturated carbocycles. The van der Waals surface area contributed by atoms with E-state index < -0.39 is 0 Å². The second kappa shape index (κ2) is 3.05. The highest BCUT2D eigenvalue weighted by Crippen LogP contribution is 2.21. The van der Waals surface area contributed by atoms with Crippen LogP contribution in [0.1, 0.15) is 0 Å². The summed E-state index contributed by atoms with van der Waals surface area (Å²) in [6.45, 7) is 0. The van der Waals surface area contributed by atoms with Gasteiger partial charge < -0.3 is 9.84 Å². The van der Waals surface area contributed by atoms with Crippen LogP contribution in [0.5, 0.6) is 11.5 Å². The SMILES string of the molecule is COc1cnc(I)c(O)c1. The van der Waals surface area contributed by atoms with Gasteiger partial charge in [-0.2, -0.15) is 0 Å². The van der Waals surface area contributed by atoms with Gasteiger partial charge in [-0.3, -0.25) is 0 Å². The molecule has 0 bridgehead atoms. The first kappa shape index (κ1) is 7.59. The number of pyridine rings is 1. The van der Waals surface area contributed by atoms with Gasteiger partial charge in [0, 0.05) is 6.07 Å². The molecule has 4 heteroatoms. The van der Waals surface area contributed by atoms with E-state index in [1.54, 1.807) is 6.20 Å². The third-order valence-electron chi connectivity index (χ3n) is 1.03. The molecule has 1 N–H and O–H groups in total. The van der Waals surface area contributed by atoms with Crippen molar-refractivity contribution in [3.8, 4) is 11.5 Å². The fraction of sp³-hybridized carbons (Fsp3) is 0.167. The van der Waals surface area contributed by atoms with Gasteiger partial charge in [-0.1, -0.05) is 0 Å². The minimum atomic E-state index is 0.153. The van der Waals surface area contributed by atoms with Crippen LogP contribution in [0.25, 0.3) is 0 Å². The Hall–Kier alpha value is -0.520. The average molecular weight is 251 g/mol. The molecule has 0 spiro atoms. The van der Waals surface area contributed by atoms with E-state index in [9.17, 15) is 0 Å². The molecule has 0 atom stereocenters. The molecule has 0 fully saturated rings. The molecule has 0 aliphatic heterocycles. The maximum Gasteiger partial charge on any atom is 0.151 e. The molecule has 0 aromatic carbocycles. The Labute approximate surface area is 72.2 Å². The maximum atomic E-state index is 9.08. The van der Waals surface area contributed by atoms with Crippen LogP contribution in [0.2, 0.25) is 0 Å². The number of methoxy groups -OCH3 is 1. The minimum absolute atomic E-state index is 0.153. The van der Waals surface area contributed by atoms with Crippen LogP contribution in [0.3, 0.4) is 0 Å². The Morgan fingerprint density at radius 3 is 2.90 bits per heavy atom. The molecule has 1 rings (SSSR count). The second-order valence-corrected chi connectivity index (χ2v) is 2.71. The van der Waals surface area contributed by atoms with Crippen molar-refractivity contribution in [2.75, 3.05) is 7.11 Å². The van der Waals surface area contributed by atoms with Crippen molar-refractivity contribution in [3.05, 3.63) is 16.0 Å². The van der Waals surface area contributed by atoms with Crippen molar-refractivity contribution < 1.29 is 9.84 Å². The summed E-state index contributed by atoms with van der Waals surface area (Å²) in [4.78, 5) is 3.86. The largest absolute Gasteiger partial charge is 0.505 e. The fourth-order valence-electron chi connectivity index (χ4n) is 0.530. The van der Waals surface area contributed by atoms with Gasteiger partial charge >= 0.3 is 0 Å². The average Bonchev–Trinajstić information content (AvgIpc) is 1.95. The van der Waals surface area contributed by atoms with Crippen LogP contribution in [0.4, 0.5) is 0 Å². The van der Waals surface area contributed by atoms with E-state index >= 15 is 0 Å². The number of hydrogen-bond donors (Lipinski definition) is 1. The van der Waals surface area contributed by atoms with E-state index in [-0.39, 0.29) is 5.75 Å². The van der Waals surface area contributed by atoms with Crippen molar-refractivity contribution in [1.29, 1.82) is 0 Å². The van der Waals surface area contributed by atoms with Gasteiger partial charge in [0.15, 0.2) is 5.75 Å². The monoisotopic (exact) mass is 251 g/mol. The van der Waals surface area contributed by atoms with Crippen LogP contribution in [0.15, 0.2) is 12.3 Å². The maximum absolute atomic E-state index is 9.08. The molecule has 1 heterocycles. The molecular weight excluding hydrogens is 245 g/mol. The predicted octanol–water partition coefficient (Wildman–Crippen LogP) is 1.40. The van der Waals surface area contributed by atoms with Crippen LogP contribution in [-0.4, -0.2) is 17.2 Å². The summed E-state index contributed by atoms with van der Waals surface area (Å²) in [5.41, 5.74) is 0. The van der Waals surface area contributed by atoms with Gasteiger partial charge in [0.1, 0.15) is 9.45 Å². The molecule has 0 amide bonds. The minimum Gasteiger partial charge on any atom is -0.505 e. The van der Waals surface area contributed by atoms with Gasteiger partial charge in [0.05, 0.1) is 13.3 Å². The van der Waals surface area contributed by atoms with E-state index in [1.807, 2.05) is 22.6 Å². The molecule has 0 aliphatic rings. The molecule has 0 saturated heterocycles. The van der Waals surface area contributed by atoms with Crippen molar-refractivity contribution in [2.45, 2.75) is 0 Å². The van der Waals surface area contributed by atoms with Gasteiger partial charge in [0.2, 0.25) is 0 Å². The number of aromatic hydroxyl groups is 1. The van der Waals surface area contributed by atoms with Gasteiger partial charge in [-0.15, -0.1) is 0 Å². The standard InChI is InChI=1S/C6H6INO2/c1-10-4-2-5(9)6(7)8-3-4/h2-3,9H,1H3. The van der Waals surface area contributed by atoms with E-state index in [4.69, 9.17) is 9.84 Å². The molecule has 3 nitrogen and oxygen atoms in total. The normalized spacial score (nSPS) is 9.40. The molecule has 10 heavy (non-hydrogen) atoms. The summed E-state index contributed by atoms with van der Waals surface area (Å²) in [6.07, 6.45) is 1.56. The highest BCUT2D eigenvalue weighted by molar-refractivity contribution is 14.1. The highest BCUT2D eigenvalue weighted by atomic mass is 127. The lowest BCUT2D eigenvalue weighted by molar-refractivity contribution is 0.403. The van der Waals surface area contributed by atoms with Crippen molar-refractivity contribution in [3.63, 3.8) is 0 Å². The Kier molecular flexibility index (Phi) is 2.31. The lowest BCUT2D eigenvalue weighted by Crippen LogP contribution is -1.85. The number of rotatable bonds is 1. The first-order valence-corrected chi connectivity index (χ1v) is 3.70. The Morgan fingerprint density at radius 2 is 2.40 bits per heavy atom. The van der Waals surface area contributed by atoms with E-state index in [0.717, 1.165) is 0 Å². The zero-order chi connectivity index (χ0) is 7.56. The fourth-order valence-corrected chi connectivity index (χ4v) is 0.825. The number of nitrogens with zero attached hydrogens (tertiary/aromatic N) is 1. The van der Waals surface area contributed by atoms with Gasteiger partial charge in [-0.05, 0) is 22.6 Å². The number of ether oxygens (including phenoxy) is 1. The summed E-state index contributed by atoms with van der Waals surface area (Å²) in [7, 11) is 1.53. The van der Waals surface area contributed by atoms with Crippen molar-refractivity contribution in [2.24, 2.45) is 0 Å². The molecule has 0 aliphatic carbocycles. The number of aromatic nitrogens is 1. The molecule has 1 aromatic heterocycles. The molecular formula is C6H6INO2. The zero-order valence-electron chi connectivity index (χ0n) is 5.34. The quantitative estimate of drug-likeness (QED) is 0.606. The van der Waals surface area contributed by atoms with Crippen molar-refractivity contribution >= 4 is 22.6 Å². The van der Waals surface area contributed by atoms with Gasteiger partial charge in [-0.25, -0.2) is 4.98 Å². The molecule has 0 radical (unpaired) electrons. The van der Waals surface area contributed by atoms with E-state index in [2.05, 4.69) is 4.98 Å². The van der Waals surface area contributed by atoms with Gasteiger partial charge in [0.25, 0.3) is 0 Å². The third kappa shape index (κ3) is 1.50. The lowest BCUT2D eigenvalue weighted by Gasteiger charge is -1.99. The van der Waals surface area contributed by atoms with Crippen LogP contribution in [0, 0.1) is 3.70 Å². The number of hydrogen-bond acceptors (Lipinski definition) is 3. The summed E-state index contributed by atoms with van der Waals surface area (Å²) in [5.74, 6) is 0.720.